The summed E-state index contributed by atoms with van der Waals surface area (Å²) in [6.07, 6.45) is 2.61. The van der Waals surface area contributed by atoms with Crippen LogP contribution < -0.4 is 11.1 Å². The topological polar surface area (TPSA) is 58.4 Å². The zero-order chi connectivity index (χ0) is 17.7. The third-order valence-corrected chi connectivity index (χ3v) is 4.92. The quantitative estimate of drug-likeness (QED) is 0.786. The van der Waals surface area contributed by atoms with Gasteiger partial charge in [0.15, 0.2) is 0 Å². The van der Waals surface area contributed by atoms with Gasteiger partial charge in [-0.1, -0.05) is 52.0 Å². The van der Waals surface area contributed by atoms with Crippen molar-refractivity contribution in [3.63, 3.8) is 0 Å². The molecule has 3 N–H and O–H groups in total. The van der Waals surface area contributed by atoms with E-state index in [1.54, 1.807) is 0 Å². The number of amides is 1. The van der Waals surface area contributed by atoms with Crippen molar-refractivity contribution >= 4 is 30.7 Å². The molecule has 2 rings (SSSR count). The fourth-order valence-electron chi connectivity index (χ4n) is 3.24. The largest absolute Gasteiger partial charge is 0.351 e. The fraction of sp³-hybridized carbons (Fsp3) is 0.650. The lowest BCUT2D eigenvalue weighted by Gasteiger charge is -2.31. The number of carbonyl (C=O) groups is 1. The third kappa shape index (κ3) is 7.43. The Morgan fingerprint density at radius 1 is 1.27 bits per heavy atom. The second-order valence-electron chi connectivity index (χ2n) is 8.31. The molecule has 0 saturated carbocycles. The first-order valence-corrected chi connectivity index (χ1v) is 9.10. The van der Waals surface area contributed by atoms with Crippen LogP contribution in [0.25, 0.3) is 0 Å². The Kier molecular flexibility index (Phi) is 10.8. The van der Waals surface area contributed by atoms with Crippen LogP contribution in [0, 0.1) is 11.3 Å². The molecule has 1 unspecified atom stereocenters. The summed E-state index contributed by atoms with van der Waals surface area (Å²) in [5.41, 5.74) is 8.30. The highest BCUT2D eigenvalue weighted by molar-refractivity contribution is 5.85. The van der Waals surface area contributed by atoms with Gasteiger partial charge in [0.25, 0.3) is 0 Å². The van der Waals surface area contributed by atoms with Crippen LogP contribution in [0.1, 0.15) is 51.7 Å². The first-order chi connectivity index (χ1) is 11.3. The van der Waals surface area contributed by atoms with Crippen LogP contribution in [0.5, 0.6) is 0 Å². The molecule has 0 bridgehead atoms. The van der Waals surface area contributed by atoms with Crippen molar-refractivity contribution in [3.8, 4) is 0 Å². The van der Waals surface area contributed by atoms with E-state index in [1.165, 1.54) is 30.5 Å². The maximum atomic E-state index is 12.3. The summed E-state index contributed by atoms with van der Waals surface area (Å²) in [6.45, 7) is 12.1. The van der Waals surface area contributed by atoms with Crippen LogP contribution in [0.2, 0.25) is 0 Å². The fourth-order valence-corrected chi connectivity index (χ4v) is 3.24. The summed E-state index contributed by atoms with van der Waals surface area (Å²) in [5, 5.41) is 3.01. The number of nitrogens with one attached hydrogen (secondary N) is 1. The SMILES string of the molecule is CC1CCCN(Cc2ccccc2CNC(=O)[C@@H](N)C(C)(C)C)C1.Cl.Cl. The Balaban J connectivity index is 0.00000312. The molecular weight excluding hydrogens is 369 g/mol. The number of likely N-dealkylation sites (tertiary alicyclic amines) is 1. The maximum Gasteiger partial charge on any atom is 0.237 e. The Morgan fingerprint density at radius 2 is 1.88 bits per heavy atom. The average molecular weight is 404 g/mol. The number of rotatable bonds is 5. The zero-order valence-corrected chi connectivity index (χ0v) is 18.1. The standard InChI is InChI=1S/C20H33N3O.2ClH/c1-15-8-7-11-23(13-15)14-17-10-6-5-9-16(17)12-22-19(24)18(21)20(2,3)4;;/h5-6,9-10,15,18H,7-8,11-14,21H2,1-4H3,(H,22,24);2*1H/t15?,18-;;/m1../s1. The minimum absolute atomic E-state index is 0. The molecule has 2 atom stereocenters. The Hall–Kier alpha value is -0.810. The van der Waals surface area contributed by atoms with Gasteiger partial charge in [-0.15, -0.1) is 24.8 Å². The number of hydrogen-bond donors (Lipinski definition) is 2. The van der Waals surface area contributed by atoms with Crippen molar-refractivity contribution in [2.24, 2.45) is 17.1 Å². The molecule has 1 heterocycles. The van der Waals surface area contributed by atoms with E-state index in [2.05, 4.69) is 35.3 Å². The minimum Gasteiger partial charge on any atom is -0.351 e. The number of halogens is 2. The van der Waals surface area contributed by atoms with Gasteiger partial charge in [0.2, 0.25) is 5.91 Å². The van der Waals surface area contributed by atoms with E-state index in [-0.39, 0.29) is 36.1 Å². The third-order valence-electron chi connectivity index (χ3n) is 4.92. The van der Waals surface area contributed by atoms with Gasteiger partial charge in [-0.05, 0) is 41.8 Å². The number of piperidine rings is 1. The molecule has 0 aliphatic carbocycles. The summed E-state index contributed by atoms with van der Waals surface area (Å²) in [6, 6.07) is 7.89. The average Bonchev–Trinajstić information content (AvgIpc) is 2.52. The van der Waals surface area contributed by atoms with Crippen LogP contribution in [0.4, 0.5) is 0 Å². The number of nitrogens with two attached hydrogens (primary N) is 1. The molecule has 0 aromatic heterocycles. The molecule has 4 nitrogen and oxygen atoms in total. The molecule has 6 heteroatoms. The second kappa shape index (κ2) is 11.1. The summed E-state index contributed by atoms with van der Waals surface area (Å²) in [5.74, 6) is 0.694. The molecule has 1 aromatic rings. The summed E-state index contributed by atoms with van der Waals surface area (Å²) in [7, 11) is 0. The molecule has 1 amide bonds. The van der Waals surface area contributed by atoms with Gasteiger partial charge in [0, 0.05) is 19.6 Å². The van der Waals surface area contributed by atoms with Gasteiger partial charge in [-0.3, -0.25) is 9.69 Å². The second-order valence-corrected chi connectivity index (χ2v) is 8.31. The van der Waals surface area contributed by atoms with E-state index in [9.17, 15) is 4.79 Å². The lowest BCUT2D eigenvalue weighted by atomic mass is 9.87. The highest BCUT2D eigenvalue weighted by Crippen LogP contribution is 2.20. The highest BCUT2D eigenvalue weighted by atomic mass is 35.5. The number of nitrogens with zero attached hydrogens (tertiary/aromatic N) is 1. The minimum atomic E-state index is -0.493. The molecule has 0 spiro atoms. The lowest BCUT2D eigenvalue weighted by molar-refractivity contribution is -0.124. The van der Waals surface area contributed by atoms with E-state index in [0.717, 1.165) is 19.0 Å². The van der Waals surface area contributed by atoms with Crippen LogP contribution in [-0.2, 0) is 17.9 Å². The Bertz CT molecular complexity index is 560. The van der Waals surface area contributed by atoms with Gasteiger partial charge in [-0.2, -0.15) is 0 Å². The summed E-state index contributed by atoms with van der Waals surface area (Å²) < 4.78 is 0. The Labute approximate surface area is 171 Å². The van der Waals surface area contributed by atoms with Crippen LogP contribution in [-0.4, -0.2) is 29.9 Å². The Morgan fingerprint density at radius 3 is 2.46 bits per heavy atom. The molecule has 1 saturated heterocycles. The molecule has 1 aliphatic heterocycles. The predicted molar refractivity (Wildman–Crippen MR) is 114 cm³/mol. The lowest BCUT2D eigenvalue weighted by Crippen LogP contribution is -2.48. The van der Waals surface area contributed by atoms with E-state index in [0.29, 0.717) is 6.54 Å². The molecule has 26 heavy (non-hydrogen) atoms. The monoisotopic (exact) mass is 403 g/mol. The molecule has 1 aromatic carbocycles. The first kappa shape index (κ1) is 25.2. The van der Waals surface area contributed by atoms with Gasteiger partial charge in [0.1, 0.15) is 0 Å². The normalized spacial score (nSPS) is 19.0. The van der Waals surface area contributed by atoms with Crippen molar-refractivity contribution < 1.29 is 4.79 Å². The number of benzene rings is 1. The highest BCUT2D eigenvalue weighted by Gasteiger charge is 2.27. The molecule has 0 radical (unpaired) electrons. The van der Waals surface area contributed by atoms with Crippen LogP contribution in [0.15, 0.2) is 24.3 Å². The van der Waals surface area contributed by atoms with Crippen LogP contribution >= 0.6 is 24.8 Å². The van der Waals surface area contributed by atoms with Gasteiger partial charge < -0.3 is 11.1 Å². The van der Waals surface area contributed by atoms with Crippen molar-refractivity contribution in [2.45, 2.75) is 59.7 Å². The summed E-state index contributed by atoms with van der Waals surface area (Å²) in [4.78, 5) is 14.8. The molecule has 1 fully saturated rings. The van der Waals surface area contributed by atoms with Gasteiger partial charge in [0.05, 0.1) is 6.04 Å². The van der Waals surface area contributed by atoms with Gasteiger partial charge >= 0.3 is 0 Å². The van der Waals surface area contributed by atoms with E-state index >= 15 is 0 Å². The molecule has 1 aliphatic rings. The zero-order valence-electron chi connectivity index (χ0n) is 16.5. The van der Waals surface area contributed by atoms with Gasteiger partial charge in [-0.25, -0.2) is 0 Å². The van der Waals surface area contributed by atoms with E-state index < -0.39 is 6.04 Å². The first-order valence-electron chi connectivity index (χ1n) is 9.10. The van der Waals surface area contributed by atoms with E-state index in [1.807, 2.05) is 26.8 Å². The van der Waals surface area contributed by atoms with Crippen molar-refractivity contribution in [1.29, 1.82) is 0 Å². The van der Waals surface area contributed by atoms with Crippen molar-refractivity contribution in [2.75, 3.05) is 13.1 Å². The number of hydrogen-bond acceptors (Lipinski definition) is 3. The summed E-state index contributed by atoms with van der Waals surface area (Å²) >= 11 is 0. The smallest absolute Gasteiger partial charge is 0.237 e. The van der Waals surface area contributed by atoms with Crippen molar-refractivity contribution in [1.82, 2.24) is 10.2 Å². The predicted octanol–water partition coefficient (Wildman–Crippen LogP) is 3.75. The molecular formula is C20H35Cl2N3O. The van der Waals surface area contributed by atoms with Crippen molar-refractivity contribution in [3.05, 3.63) is 35.4 Å². The maximum absolute atomic E-state index is 12.3. The number of carbonyl (C=O) groups excluding carboxylic acids is 1. The molecule has 150 valence electrons. The van der Waals surface area contributed by atoms with Crippen LogP contribution in [0.3, 0.4) is 0 Å². The van der Waals surface area contributed by atoms with E-state index in [4.69, 9.17) is 5.73 Å².